The number of benzene rings is 2. The highest BCUT2D eigenvalue weighted by Gasteiger charge is 2.37. The van der Waals surface area contributed by atoms with Crippen LogP contribution < -0.4 is 5.32 Å². The molecule has 0 saturated carbocycles. The fraction of sp³-hybridized carbons (Fsp3) is 0.350. The van der Waals surface area contributed by atoms with Crippen LogP contribution in [-0.2, 0) is 22.4 Å². The van der Waals surface area contributed by atoms with Gasteiger partial charge in [0.25, 0.3) is 5.91 Å². The summed E-state index contributed by atoms with van der Waals surface area (Å²) in [6.07, 6.45) is -7.86. The molecule has 5 nitrogen and oxygen atoms in total. The van der Waals surface area contributed by atoms with E-state index in [0.29, 0.717) is 38.1 Å². The number of sulfonamides is 1. The number of hydrogen-bond acceptors (Lipinski definition) is 3. The first-order chi connectivity index (χ1) is 14.8. The maximum absolute atomic E-state index is 13.0. The summed E-state index contributed by atoms with van der Waals surface area (Å²) >= 11 is 0. The van der Waals surface area contributed by atoms with Crippen LogP contribution in [0.2, 0.25) is 0 Å². The second kappa shape index (κ2) is 8.74. The molecule has 0 aromatic heterocycles. The summed E-state index contributed by atoms with van der Waals surface area (Å²) in [5, 5.41) is 1.99. The van der Waals surface area contributed by atoms with Gasteiger partial charge in [0, 0.05) is 24.3 Å². The molecule has 1 aliphatic heterocycles. The first-order valence-electron chi connectivity index (χ1n) is 9.49. The molecule has 0 bridgehead atoms. The standard InChI is InChI=1S/C20H18F6N2O3S/c21-19(22,23)14-10-15(20(24,25)26)12-16(11-14)27-18(29)13-5-4-6-17(9-13)32(30,31)28-7-2-1-3-8-28/h4-6,9-12H,1-3,7-8H2,(H,27,29). The number of piperidine rings is 1. The van der Waals surface area contributed by atoms with Crippen LogP contribution in [0.3, 0.4) is 0 Å². The fourth-order valence-corrected chi connectivity index (χ4v) is 4.85. The summed E-state index contributed by atoms with van der Waals surface area (Å²) < 4.78 is 105. The Labute approximate surface area is 180 Å². The van der Waals surface area contributed by atoms with Crippen molar-refractivity contribution in [3.8, 4) is 0 Å². The SMILES string of the molecule is O=C(Nc1cc(C(F)(F)F)cc(C(F)(F)F)c1)c1cccc(S(=O)(=O)N2CCCCC2)c1. The molecule has 1 amide bonds. The van der Waals surface area contributed by atoms with Gasteiger partial charge in [0.15, 0.2) is 0 Å². The van der Waals surface area contributed by atoms with E-state index in [-0.39, 0.29) is 16.5 Å². The molecule has 3 rings (SSSR count). The monoisotopic (exact) mass is 480 g/mol. The van der Waals surface area contributed by atoms with E-state index in [0.717, 1.165) is 12.5 Å². The number of halogens is 6. The Morgan fingerprint density at radius 3 is 1.94 bits per heavy atom. The molecule has 0 atom stereocenters. The zero-order valence-corrected chi connectivity index (χ0v) is 17.2. The molecule has 2 aromatic rings. The van der Waals surface area contributed by atoms with Crippen LogP contribution in [0.5, 0.6) is 0 Å². The third-order valence-corrected chi connectivity index (χ3v) is 6.79. The smallest absolute Gasteiger partial charge is 0.322 e. The molecule has 1 fully saturated rings. The predicted octanol–water partition coefficient (Wildman–Crippen LogP) is 5.15. The average Bonchev–Trinajstić information content (AvgIpc) is 2.73. The molecule has 1 saturated heterocycles. The van der Waals surface area contributed by atoms with Gasteiger partial charge in [0.2, 0.25) is 10.0 Å². The molecule has 2 aromatic carbocycles. The Morgan fingerprint density at radius 2 is 1.41 bits per heavy atom. The minimum absolute atomic E-state index is 0.0541. The molecule has 0 radical (unpaired) electrons. The Balaban J connectivity index is 1.90. The number of rotatable bonds is 4. The number of amides is 1. The Hall–Kier alpha value is -2.60. The van der Waals surface area contributed by atoms with Crippen LogP contribution in [0.1, 0.15) is 40.7 Å². The molecule has 1 heterocycles. The van der Waals surface area contributed by atoms with E-state index in [4.69, 9.17) is 0 Å². The lowest BCUT2D eigenvalue weighted by molar-refractivity contribution is -0.143. The van der Waals surface area contributed by atoms with Crippen LogP contribution in [0, 0.1) is 0 Å². The van der Waals surface area contributed by atoms with Crippen molar-refractivity contribution < 1.29 is 39.6 Å². The summed E-state index contributed by atoms with van der Waals surface area (Å²) in [6.45, 7) is 0.645. The lowest BCUT2D eigenvalue weighted by atomic mass is 10.1. The van der Waals surface area contributed by atoms with Gasteiger partial charge in [-0.25, -0.2) is 8.42 Å². The zero-order chi connectivity index (χ0) is 23.7. The maximum Gasteiger partial charge on any atom is 0.416 e. The normalized spacial score (nSPS) is 16.1. The number of carbonyl (C=O) groups is 1. The van der Waals surface area contributed by atoms with Gasteiger partial charge in [0.05, 0.1) is 16.0 Å². The maximum atomic E-state index is 13.0. The Kier molecular flexibility index (Phi) is 6.57. The van der Waals surface area contributed by atoms with Gasteiger partial charge >= 0.3 is 12.4 Å². The number of anilines is 1. The molecule has 12 heteroatoms. The quantitative estimate of drug-likeness (QED) is 0.616. The number of nitrogens with one attached hydrogen (secondary N) is 1. The van der Waals surface area contributed by atoms with Crippen molar-refractivity contribution in [2.24, 2.45) is 0 Å². The summed E-state index contributed by atoms with van der Waals surface area (Å²) in [4.78, 5) is 12.3. The Bertz CT molecular complexity index is 1070. The van der Waals surface area contributed by atoms with Crippen molar-refractivity contribution in [3.63, 3.8) is 0 Å². The first kappa shape index (κ1) is 24.1. The Morgan fingerprint density at radius 1 is 0.844 bits per heavy atom. The molecule has 0 aliphatic carbocycles. The van der Waals surface area contributed by atoms with Crippen LogP contribution in [0.15, 0.2) is 47.4 Å². The summed E-state index contributed by atoms with van der Waals surface area (Å²) in [7, 11) is -3.89. The minimum Gasteiger partial charge on any atom is -0.322 e. The molecule has 1 N–H and O–H groups in total. The van der Waals surface area contributed by atoms with E-state index in [2.05, 4.69) is 0 Å². The van der Waals surface area contributed by atoms with Gasteiger partial charge in [-0.1, -0.05) is 12.5 Å². The van der Waals surface area contributed by atoms with E-state index in [1.54, 1.807) is 0 Å². The predicted molar refractivity (Wildman–Crippen MR) is 103 cm³/mol. The first-order valence-corrected chi connectivity index (χ1v) is 10.9. The van der Waals surface area contributed by atoms with Gasteiger partial charge in [-0.3, -0.25) is 4.79 Å². The van der Waals surface area contributed by atoms with Crippen LogP contribution in [0.4, 0.5) is 32.0 Å². The molecule has 0 unspecified atom stereocenters. The van der Waals surface area contributed by atoms with Gasteiger partial charge in [-0.05, 0) is 49.2 Å². The molecule has 32 heavy (non-hydrogen) atoms. The topological polar surface area (TPSA) is 66.5 Å². The lowest BCUT2D eigenvalue weighted by Gasteiger charge is -2.26. The molecular formula is C20H18F6N2O3S. The van der Waals surface area contributed by atoms with Gasteiger partial charge < -0.3 is 5.32 Å². The molecular weight excluding hydrogens is 462 g/mol. The highest BCUT2D eigenvalue weighted by Crippen LogP contribution is 2.37. The van der Waals surface area contributed by atoms with E-state index >= 15 is 0 Å². The highest BCUT2D eigenvalue weighted by molar-refractivity contribution is 7.89. The van der Waals surface area contributed by atoms with E-state index in [9.17, 15) is 39.6 Å². The van der Waals surface area contributed by atoms with E-state index in [1.165, 1.54) is 22.5 Å². The van der Waals surface area contributed by atoms with Crippen molar-refractivity contribution in [2.75, 3.05) is 18.4 Å². The van der Waals surface area contributed by atoms with Crippen molar-refractivity contribution in [2.45, 2.75) is 36.5 Å². The van der Waals surface area contributed by atoms with Crippen LogP contribution in [0.25, 0.3) is 0 Å². The summed E-state index contributed by atoms with van der Waals surface area (Å²) in [5.74, 6) is -1.05. The lowest BCUT2D eigenvalue weighted by Crippen LogP contribution is -2.35. The van der Waals surface area contributed by atoms with Crippen molar-refractivity contribution >= 4 is 21.6 Å². The molecule has 0 spiro atoms. The fourth-order valence-electron chi connectivity index (χ4n) is 3.28. The molecule has 174 valence electrons. The molecule has 1 aliphatic rings. The van der Waals surface area contributed by atoms with E-state index < -0.39 is 45.1 Å². The second-order valence-corrected chi connectivity index (χ2v) is 9.18. The number of alkyl halides is 6. The largest absolute Gasteiger partial charge is 0.416 e. The summed E-state index contributed by atoms with van der Waals surface area (Å²) in [5.41, 5.74) is -4.11. The number of hydrogen-bond donors (Lipinski definition) is 1. The van der Waals surface area contributed by atoms with Gasteiger partial charge in [-0.15, -0.1) is 0 Å². The van der Waals surface area contributed by atoms with Crippen molar-refractivity contribution in [1.29, 1.82) is 0 Å². The van der Waals surface area contributed by atoms with Gasteiger partial charge in [0.1, 0.15) is 0 Å². The van der Waals surface area contributed by atoms with Crippen molar-refractivity contribution in [1.82, 2.24) is 4.31 Å². The number of carbonyl (C=O) groups excluding carboxylic acids is 1. The van der Waals surface area contributed by atoms with Crippen molar-refractivity contribution in [3.05, 3.63) is 59.2 Å². The average molecular weight is 480 g/mol. The summed E-state index contributed by atoms with van der Waals surface area (Å²) in [6, 6.07) is 5.50. The third kappa shape index (κ3) is 5.41. The number of nitrogens with zero attached hydrogens (tertiary/aromatic N) is 1. The van der Waals surface area contributed by atoms with E-state index in [1.807, 2.05) is 5.32 Å². The zero-order valence-electron chi connectivity index (χ0n) is 16.4. The second-order valence-electron chi connectivity index (χ2n) is 7.24. The highest BCUT2D eigenvalue weighted by atomic mass is 32.2. The van der Waals surface area contributed by atoms with Crippen LogP contribution >= 0.6 is 0 Å². The minimum atomic E-state index is -5.07. The van der Waals surface area contributed by atoms with Gasteiger partial charge in [-0.2, -0.15) is 30.6 Å². The van der Waals surface area contributed by atoms with Crippen LogP contribution in [-0.4, -0.2) is 31.7 Å². The third-order valence-electron chi connectivity index (χ3n) is 4.89.